The molecule has 7 heteroatoms. The summed E-state index contributed by atoms with van der Waals surface area (Å²) in [6.07, 6.45) is 0.985. The van der Waals surface area contributed by atoms with Gasteiger partial charge >= 0.3 is 13.8 Å². The molecule has 1 rings (SSSR count). The number of rotatable bonds is 7. The van der Waals surface area contributed by atoms with E-state index in [-0.39, 0.29) is 19.0 Å². The van der Waals surface area contributed by atoms with Crippen LogP contribution < -0.4 is 4.52 Å². The lowest BCUT2D eigenvalue weighted by molar-refractivity contribution is -0.138. The largest absolute Gasteiger partial charge is 0.527 e. The molecule has 1 aromatic carbocycles. The minimum absolute atomic E-state index is 0.159. The topological polar surface area (TPSA) is 82.1 Å². The van der Waals surface area contributed by atoms with E-state index in [2.05, 4.69) is 15.8 Å². The van der Waals surface area contributed by atoms with Gasteiger partial charge in [-0.2, -0.15) is 0 Å². The molecule has 0 aliphatic rings. The van der Waals surface area contributed by atoms with Crippen LogP contribution in [-0.2, 0) is 18.6 Å². The van der Waals surface area contributed by atoms with Crippen molar-refractivity contribution in [3.05, 3.63) is 43.0 Å². The summed E-state index contributed by atoms with van der Waals surface area (Å²) in [5.74, 6) is -0.415. The number of phosphoric acid groups is 1. The first-order valence-electron chi connectivity index (χ1n) is 5.05. The van der Waals surface area contributed by atoms with Crippen LogP contribution in [-0.4, -0.2) is 24.1 Å². The molecule has 0 fully saturated rings. The van der Waals surface area contributed by atoms with Gasteiger partial charge in [-0.05, 0) is 12.1 Å². The lowest BCUT2D eigenvalue weighted by atomic mass is 10.3. The van der Waals surface area contributed by atoms with Crippen LogP contribution in [0.4, 0.5) is 0 Å². The minimum atomic E-state index is -4.20. The number of carbonyl (C=O) groups is 1. The van der Waals surface area contributed by atoms with Gasteiger partial charge in [-0.1, -0.05) is 24.8 Å². The molecule has 1 N–H and O–H groups in total. The van der Waals surface area contributed by atoms with Crippen LogP contribution in [0.1, 0.15) is 0 Å². The normalized spacial score (nSPS) is 13.4. The van der Waals surface area contributed by atoms with Crippen molar-refractivity contribution < 1.29 is 28.0 Å². The molecular formula is C11H13O6P. The molecule has 0 aliphatic carbocycles. The van der Waals surface area contributed by atoms with Crippen molar-refractivity contribution in [1.29, 1.82) is 0 Å². The molecule has 1 aromatic rings. The number of para-hydroxylation sites is 1. The van der Waals surface area contributed by atoms with Gasteiger partial charge in [0.1, 0.15) is 12.4 Å². The lowest BCUT2D eigenvalue weighted by Gasteiger charge is -2.12. The molecule has 0 saturated carbocycles. The fourth-order valence-electron chi connectivity index (χ4n) is 0.995. The summed E-state index contributed by atoms with van der Waals surface area (Å²) >= 11 is 0. The van der Waals surface area contributed by atoms with Crippen molar-refractivity contribution in [1.82, 2.24) is 0 Å². The van der Waals surface area contributed by atoms with E-state index >= 15 is 0 Å². The summed E-state index contributed by atoms with van der Waals surface area (Å²) in [4.78, 5) is 20.0. The zero-order valence-electron chi connectivity index (χ0n) is 9.52. The Kier molecular flexibility index (Phi) is 5.58. The molecule has 0 saturated heterocycles. The Balaban J connectivity index is 2.34. The van der Waals surface area contributed by atoms with Gasteiger partial charge in [0.05, 0.1) is 6.61 Å². The predicted octanol–water partition coefficient (Wildman–Crippen LogP) is 1.91. The van der Waals surface area contributed by atoms with Gasteiger partial charge in [-0.25, -0.2) is 9.36 Å². The van der Waals surface area contributed by atoms with Crippen molar-refractivity contribution in [3.8, 4) is 5.75 Å². The highest BCUT2D eigenvalue weighted by Gasteiger charge is 2.22. The summed E-state index contributed by atoms with van der Waals surface area (Å²) in [5, 5.41) is 0. The van der Waals surface area contributed by atoms with Gasteiger partial charge in [0.25, 0.3) is 0 Å². The molecule has 98 valence electrons. The van der Waals surface area contributed by atoms with E-state index in [4.69, 9.17) is 4.52 Å². The van der Waals surface area contributed by atoms with Crippen molar-refractivity contribution in [2.45, 2.75) is 0 Å². The molecule has 6 nitrogen and oxygen atoms in total. The summed E-state index contributed by atoms with van der Waals surface area (Å²) in [5.41, 5.74) is 0. The van der Waals surface area contributed by atoms with Crippen LogP contribution >= 0.6 is 7.82 Å². The van der Waals surface area contributed by atoms with Gasteiger partial charge in [0, 0.05) is 6.08 Å². The van der Waals surface area contributed by atoms with Crippen LogP contribution in [0.15, 0.2) is 43.0 Å². The number of carbonyl (C=O) groups excluding carboxylic acids is 1. The maximum absolute atomic E-state index is 11.4. The fourth-order valence-corrected chi connectivity index (χ4v) is 1.74. The first kappa shape index (κ1) is 14.4. The number of benzene rings is 1. The number of hydrogen-bond acceptors (Lipinski definition) is 5. The highest BCUT2D eigenvalue weighted by Crippen LogP contribution is 2.43. The van der Waals surface area contributed by atoms with Gasteiger partial charge in [-0.15, -0.1) is 0 Å². The smallest absolute Gasteiger partial charge is 0.460 e. The quantitative estimate of drug-likeness (QED) is 0.353. The number of esters is 1. The average molecular weight is 272 g/mol. The summed E-state index contributed by atoms with van der Waals surface area (Å²) in [6.45, 7) is 2.79. The van der Waals surface area contributed by atoms with Crippen molar-refractivity contribution >= 4 is 13.8 Å². The second kappa shape index (κ2) is 6.96. The van der Waals surface area contributed by atoms with E-state index in [0.29, 0.717) is 0 Å². The van der Waals surface area contributed by atoms with Crippen LogP contribution in [0.25, 0.3) is 0 Å². The van der Waals surface area contributed by atoms with Crippen LogP contribution in [0.2, 0.25) is 0 Å². The van der Waals surface area contributed by atoms with Gasteiger partial charge in [0.15, 0.2) is 0 Å². The SMILES string of the molecule is C=CC(=O)OCCOP(=O)(O)Oc1ccccc1. The Labute approximate surface area is 104 Å². The molecule has 0 radical (unpaired) electrons. The molecular weight excluding hydrogens is 259 g/mol. The molecule has 0 amide bonds. The van der Waals surface area contributed by atoms with E-state index in [1.54, 1.807) is 18.2 Å². The maximum Gasteiger partial charge on any atom is 0.527 e. The highest BCUT2D eigenvalue weighted by atomic mass is 31.2. The molecule has 0 spiro atoms. The van der Waals surface area contributed by atoms with E-state index < -0.39 is 13.8 Å². The summed E-state index contributed by atoms with van der Waals surface area (Å²) in [7, 11) is -4.20. The molecule has 1 unspecified atom stereocenters. The number of phosphoric ester groups is 1. The Morgan fingerprint density at radius 1 is 1.33 bits per heavy atom. The second-order valence-corrected chi connectivity index (χ2v) is 4.46. The predicted molar refractivity (Wildman–Crippen MR) is 64.0 cm³/mol. The lowest BCUT2D eigenvalue weighted by Crippen LogP contribution is -2.08. The highest BCUT2D eigenvalue weighted by molar-refractivity contribution is 7.47. The van der Waals surface area contributed by atoms with E-state index in [0.717, 1.165) is 6.08 Å². The van der Waals surface area contributed by atoms with E-state index in [9.17, 15) is 14.3 Å². The first-order chi connectivity index (χ1) is 8.53. The molecule has 0 aromatic heterocycles. The molecule has 0 bridgehead atoms. The average Bonchev–Trinajstić information content (AvgIpc) is 2.35. The maximum atomic E-state index is 11.4. The monoisotopic (exact) mass is 272 g/mol. The zero-order chi connectivity index (χ0) is 13.4. The van der Waals surface area contributed by atoms with Crippen LogP contribution in [0.3, 0.4) is 0 Å². The van der Waals surface area contributed by atoms with Crippen molar-refractivity contribution in [2.75, 3.05) is 13.2 Å². The fraction of sp³-hybridized carbons (Fsp3) is 0.182. The minimum Gasteiger partial charge on any atom is -0.460 e. The summed E-state index contributed by atoms with van der Waals surface area (Å²) in [6, 6.07) is 8.08. The summed E-state index contributed by atoms with van der Waals surface area (Å²) < 4.78 is 25.4. The van der Waals surface area contributed by atoms with Gasteiger partial charge in [-0.3, -0.25) is 9.42 Å². The van der Waals surface area contributed by atoms with Gasteiger partial charge < -0.3 is 9.26 Å². The number of ether oxygens (including phenoxy) is 1. The Morgan fingerprint density at radius 2 is 2.00 bits per heavy atom. The third-order valence-electron chi connectivity index (χ3n) is 1.71. The first-order valence-corrected chi connectivity index (χ1v) is 6.54. The molecule has 0 heterocycles. The standard InChI is InChI=1S/C11H13O6P/c1-2-11(12)15-8-9-16-18(13,14)17-10-6-4-3-5-7-10/h2-7H,1,8-9H2,(H,13,14). The molecule has 18 heavy (non-hydrogen) atoms. The van der Waals surface area contributed by atoms with Crippen LogP contribution in [0.5, 0.6) is 5.75 Å². The van der Waals surface area contributed by atoms with E-state index in [1.165, 1.54) is 12.1 Å². The third-order valence-corrected chi connectivity index (χ3v) is 2.66. The van der Waals surface area contributed by atoms with E-state index in [1.807, 2.05) is 0 Å². The zero-order valence-corrected chi connectivity index (χ0v) is 10.4. The van der Waals surface area contributed by atoms with Crippen LogP contribution in [0, 0.1) is 0 Å². The molecule has 1 atom stereocenters. The molecule has 0 aliphatic heterocycles. The Hall–Kier alpha value is -1.62. The van der Waals surface area contributed by atoms with Crippen molar-refractivity contribution in [2.24, 2.45) is 0 Å². The Morgan fingerprint density at radius 3 is 2.61 bits per heavy atom. The Bertz CT molecular complexity index is 444. The van der Waals surface area contributed by atoms with Crippen molar-refractivity contribution in [3.63, 3.8) is 0 Å². The number of hydrogen-bond donors (Lipinski definition) is 1. The van der Waals surface area contributed by atoms with Gasteiger partial charge in [0.2, 0.25) is 0 Å². The second-order valence-electron chi connectivity index (χ2n) is 3.08. The third kappa shape index (κ3) is 5.63.